The van der Waals surface area contributed by atoms with E-state index >= 15 is 0 Å². The molecule has 18 heavy (non-hydrogen) atoms. The number of benzene rings is 1. The smallest absolute Gasteiger partial charge is 0.165 e. The summed E-state index contributed by atoms with van der Waals surface area (Å²) in [6, 6.07) is 5.09. The molecule has 0 atom stereocenters. The monoisotopic (exact) mass is 271 g/mol. The highest BCUT2D eigenvalue weighted by molar-refractivity contribution is 7.98. The van der Waals surface area contributed by atoms with Crippen LogP contribution < -0.4 is 10.1 Å². The molecule has 0 radical (unpaired) electrons. The summed E-state index contributed by atoms with van der Waals surface area (Å²) in [7, 11) is 1.48. The highest BCUT2D eigenvalue weighted by atomic mass is 32.2. The van der Waals surface area contributed by atoms with Crippen LogP contribution in [0.2, 0.25) is 0 Å². The topological polar surface area (TPSA) is 21.3 Å². The molecule has 4 heteroatoms. The van der Waals surface area contributed by atoms with Gasteiger partial charge >= 0.3 is 0 Å². The fraction of sp³-hybridized carbons (Fsp3) is 0.571. The molecule has 0 aromatic heterocycles. The molecule has 0 fully saturated rings. The molecule has 0 heterocycles. The summed E-state index contributed by atoms with van der Waals surface area (Å²) in [5, 5.41) is 3.33. The number of ether oxygens (including phenoxy) is 1. The van der Waals surface area contributed by atoms with Crippen LogP contribution in [-0.4, -0.2) is 25.7 Å². The lowest BCUT2D eigenvalue weighted by atomic mass is 10.2. The van der Waals surface area contributed by atoms with Crippen molar-refractivity contribution in [3.63, 3.8) is 0 Å². The molecule has 102 valence electrons. The molecule has 0 unspecified atom stereocenters. The third kappa shape index (κ3) is 5.74. The van der Waals surface area contributed by atoms with Crippen LogP contribution in [0, 0.1) is 5.82 Å². The van der Waals surface area contributed by atoms with Gasteiger partial charge in [0.15, 0.2) is 11.6 Å². The molecule has 0 bridgehead atoms. The minimum Gasteiger partial charge on any atom is -0.494 e. The fourth-order valence-corrected chi connectivity index (χ4v) is 2.22. The van der Waals surface area contributed by atoms with E-state index in [-0.39, 0.29) is 5.82 Å². The predicted molar refractivity (Wildman–Crippen MR) is 76.9 cm³/mol. The Morgan fingerprint density at radius 3 is 2.78 bits per heavy atom. The van der Waals surface area contributed by atoms with Crippen LogP contribution in [0.5, 0.6) is 5.75 Å². The Labute approximate surface area is 113 Å². The number of hydrogen-bond donors (Lipinski definition) is 1. The van der Waals surface area contributed by atoms with Crippen LogP contribution in [-0.2, 0) is 6.54 Å². The van der Waals surface area contributed by atoms with Gasteiger partial charge in [0.2, 0.25) is 0 Å². The number of hydrogen-bond acceptors (Lipinski definition) is 3. The van der Waals surface area contributed by atoms with Crippen molar-refractivity contribution in [3.8, 4) is 5.75 Å². The van der Waals surface area contributed by atoms with Crippen LogP contribution >= 0.6 is 11.8 Å². The average Bonchev–Trinajstić information content (AvgIpc) is 2.38. The molecular formula is C14H22FNOS. The molecule has 1 aromatic rings. The predicted octanol–water partition coefficient (Wildman–Crippen LogP) is 3.46. The second-order valence-corrected chi connectivity index (χ2v) is 5.18. The van der Waals surface area contributed by atoms with Crippen LogP contribution in [0.25, 0.3) is 0 Å². The Kier molecular flexibility index (Phi) is 7.85. The zero-order chi connectivity index (χ0) is 13.2. The van der Waals surface area contributed by atoms with Gasteiger partial charge in [-0.3, -0.25) is 0 Å². The second kappa shape index (κ2) is 9.22. The van der Waals surface area contributed by atoms with Crippen molar-refractivity contribution in [2.75, 3.05) is 25.7 Å². The number of rotatable bonds is 9. The second-order valence-electron chi connectivity index (χ2n) is 4.20. The standard InChI is InChI=1S/C14H22FNOS/c1-17-14-7-6-12(10-13(14)15)11-16-8-4-3-5-9-18-2/h6-7,10,16H,3-5,8-9,11H2,1-2H3. The first-order valence-corrected chi connectivity index (χ1v) is 7.69. The normalized spacial score (nSPS) is 10.6. The molecule has 1 aromatic carbocycles. The van der Waals surface area contributed by atoms with Gasteiger partial charge in [0, 0.05) is 6.54 Å². The molecule has 0 saturated carbocycles. The maximum atomic E-state index is 13.4. The molecule has 0 aliphatic heterocycles. The first-order valence-electron chi connectivity index (χ1n) is 6.30. The highest BCUT2D eigenvalue weighted by Gasteiger charge is 2.02. The Balaban J connectivity index is 2.17. The summed E-state index contributed by atoms with van der Waals surface area (Å²) < 4.78 is 18.3. The van der Waals surface area contributed by atoms with Gasteiger partial charge in [0.05, 0.1) is 7.11 Å². The maximum Gasteiger partial charge on any atom is 0.165 e. The van der Waals surface area contributed by atoms with Gasteiger partial charge in [0.25, 0.3) is 0 Å². The zero-order valence-corrected chi connectivity index (χ0v) is 12.0. The largest absolute Gasteiger partial charge is 0.494 e. The molecule has 1 rings (SSSR count). The lowest BCUT2D eigenvalue weighted by Crippen LogP contribution is -2.14. The Morgan fingerprint density at radius 1 is 1.28 bits per heavy atom. The fourth-order valence-electron chi connectivity index (χ4n) is 1.73. The first kappa shape index (κ1) is 15.3. The Hall–Kier alpha value is -0.740. The number of halogens is 1. The summed E-state index contributed by atoms with van der Waals surface area (Å²) in [5.41, 5.74) is 0.956. The zero-order valence-electron chi connectivity index (χ0n) is 11.2. The van der Waals surface area contributed by atoms with Gasteiger partial charge in [-0.15, -0.1) is 0 Å². The van der Waals surface area contributed by atoms with Gasteiger partial charge in [-0.05, 0) is 49.1 Å². The molecule has 0 aliphatic carbocycles. The van der Waals surface area contributed by atoms with Crippen molar-refractivity contribution in [1.82, 2.24) is 5.32 Å². The van der Waals surface area contributed by atoms with Crippen molar-refractivity contribution in [2.45, 2.75) is 25.8 Å². The van der Waals surface area contributed by atoms with E-state index in [0.29, 0.717) is 12.3 Å². The van der Waals surface area contributed by atoms with E-state index in [0.717, 1.165) is 12.1 Å². The lowest BCUT2D eigenvalue weighted by molar-refractivity contribution is 0.386. The molecular weight excluding hydrogens is 249 g/mol. The van der Waals surface area contributed by atoms with Gasteiger partial charge in [-0.1, -0.05) is 12.5 Å². The van der Waals surface area contributed by atoms with Crippen molar-refractivity contribution in [1.29, 1.82) is 0 Å². The summed E-state index contributed by atoms with van der Waals surface area (Å²) in [4.78, 5) is 0. The molecule has 2 nitrogen and oxygen atoms in total. The lowest BCUT2D eigenvalue weighted by Gasteiger charge is -2.07. The van der Waals surface area contributed by atoms with E-state index < -0.39 is 0 Å². The SMILES string of the molecule is COc1ccc(CNCCCCCSC)cc1F. The van der Waals surface area contributed by atoms with E-state index in [1.54, 1.807) is 6.07 Å². The van der Waals surface area contributed by atoms with Crippen LogP contribution in [0.15, 0.2) is 18.2 Å². The van der Waals surface area contributed by atoms with Crippen molar-refractivity contribution in [2.24, 2.45) is 0 Å². The molecule has 0 saturated heterocycles. The van der Waals surface area contributed by atoms with Crippen LogP contribution in [0.4, 0.5) is 4.39 Å². The third-order valence-corrected chi connectivity index (χ3v) is 3.44. The third-order valence-electron chi connectivity index (χ3n) is 2.75. The van der Waals surface area contributed by atoms with Crippen molar-refractivity contribution in [3.05, 3.63) is 29.6 Å². The van der Waals surface area contributed by atoms with E-state index in [1.165, 1.54) is 38.2 Å². The van der Waals surface area contributed by atoms with Crippen LogP contribution in [0.3, 0.4) is 0 Å². The van der Waals surface area contributed by atoms with Gasteiger partial charge < -0.3 is 10.1 Å². The minimum absolute atomic E-state index is 0.295. The minimum atomic E-state index is -0.295. The number of nitrogens with one attached hydrogen (secondary N) is 1. The van der Waals surface area contributed by atoms with Gasteiger partial charge in [0.1, 0.15) is 0 Å². The van der Waals surface area contributed by atoms with Crippen molar-refractivity contribution < 1.29 is 9.13 Å². The molecule has 0 spiro atoms. The van der Waals surface area contributed by atoms with E-state index in [2.05, 4.69) is 11.6 Å². The molecule has 1 N–H and O–H groups in total. The summed E-state index contributed by atoms with van der Waals surface area (Å²) in [6.45, 7) is 1.70. The Bertz CT molecular complexity index is 347. The van der Waals surface area contributed by atoms with E-state index in [9.17, 15) is 4.39 Å². The maximum absolute atomic E-state index is 13.4. The molecule has 0 aliphatic rings. The summed E-state index contributed by atoms with van der Waals surface area (Å²) in [6.07, 6.45) is 5.85. The molecule has 0 amide bonds. The van der Waals surface area contributed by atoms with Gasteiger partial charge in [-0.25, -0.2) is 4.39 Å². The average molecular weight is 271 g/mol. The van der Waals surface area contributed by atoms with E-state index in [4.69, 9.17) is 4.74 Å². The first-order chi connectivity index (χ1) is 8.77. The van der Waals surface area contributed by atoms with E-state index in [1.807, 2.05) is 17.8 Å². The number of thioether (sulfide) groups is 1. The van der Waals surface area contributed by atoms with Crippen molar-refractivity contribution >= 4 is 11.8 Å². The summed E-state index contributed by atoms with van der Waals surface area (Å²) in [5.74, 6) is 1.25. The van der Waals surface area contributed by atoms with Gasteiger partial charge in [-0.2, -0.15) is 11.8 Å². The number of unbranched alkanes of at least 4 members (excludes halogenated alkanes) is 2. The number of methoxy groups -OCH3 is 1. The Morgan fingerprint density at radius 2 is 2.11 bits per heavy atom. The summed E-state index contributed by atoms with van der Waals surface area (Å²) >= 11 is 1.89. The van der Waals surface area contributed by atoms with Crippen LogP contribution in [0.1, 0.15) is 24.8 Å². The highest BCUT2D eigenvalue weighted by Crippen LogP contribution is 2.17. The quantitative estimate of drug-likeness (QED) is 0.695.